The molecule has 0 aromatic rings. The van der Waals surface area contributed by atoms with E-state index in [4.69, 9.17) is 33.8 Å². The molecule has 0 fully saturated rings. The zero-order chi connectivity index (χ0) is 39.0. The quantitative estimate of drug-likeness (QED) is 0.0621. The Morgan fingerprint density at radius 1 is 0.571 bits per heavy atom. The maximum Gasteiger partial charge on any atom is 0.0621 e. The number of nitriles is 1. The number of terminal acetylenes is 1. The van der Waals surface area contributed by atoms with Gasteiger partial charge in [-0.3, -0.25) is 0 Å². The van der Waals surface area contributed by atoms with Gasteiger partial charge in [-0.15, -0.1) is 24.2 Å². The van der Waals surface area contributed by atoms with Gasteiger partial charge in [0, 0.05) is 63.1 Å². The Hall–Kier alpha value is -4.15. The number of nitrogens with zero attached hydrogens (tertiary/aromatic N) is 13. The van der Waals surface area contributed by atoms with Crippen molar-refractivity contribution in [3.8, 4) is 30.3 Å². The second-order valence-corrected chi connectivity index (χ2v) is 13.1. The van der Waals surface area contributed by atoms with Crippen LogP contribution in [0.4, 0.5) is 0 Å². The second kappa shape index (κ2) is 41.9. The van der Waals surface area contributed by atoms with Gasteiger partial charge in [-0.05, 0) is 84.3 Å². The summed E-state index contributed by atoms with van der Waals surface area (Å²) in [4.78, 5) is 11.1. The summed E-state index contributed by atoms with van der Waals surface area (Å²) in [6.45, 7) is 26.8. The summed E-state index contributed by atoms with van der Waals surface area (Å²) in [6.07, 6.45) is 12.8. The molecule has 13 heteroatoms. The number of azide groups is 4. The van der Waals surface area contributed by atoms with Crippen molar-refractivity contribution in [1.29, 1.82) is 5.26 Å². The molecule has 0 aliphatic carbocycles. The Balaban J connectivity index is -0.000000168. The normalized spacial score (nSPS) is 11.7. The fraction of sp³-hybridized carbons (Fsp3) is 0.861. The van der Waals surface area contributed by atoms with E-state index in [0.29, 0.717) is 42.9 Å². The number of hydrogen-bond donors (Lipinski definition) is 0. The average Bonchev–Trinajstić information content (AvgIpc) is 3.05. The Bertz CT molecular complexity index is 1070. The van der Waals surface area contributed by atoms with Crippen LogP contribution in [0.3, 0.4) is 0 Å². The van der Waals surface area contributed by atoms with Gasteiger partial charge in [-0.2, -0.15) is 5.26 Å². The molecule has 0 amide bonds. The molecular formula is C36H67N13. The fourth-order valence-corrected chi connectivity index (χ4v) is 3.45. The molecule has 0 rings (SSSR count). The third kappa shape index (κ3) is 43.9. The van der Waals surface area contributed by atoms with E-state index in [2.05, 4.69) is 113 Å². The van der Waals surface area contributed by atoms with Crippen molar-refractivity contribution in [3.63, 3.8) is 0 Å². The summed E-state index contributed by atoms with van der Waals surface area (Å²) in [6, 6.07) is 2.34. The van der Waals surface area contributed by atoms with Gasteiger partial charge in [0.25, 0.3) is 0 Å². The summed E-state index contributed by atoms with van der Waals surface area (Å²) < 4.78 is 0. The fourth-order valence-electron chi connectivity index (χ4n) is 3.45. The van der Waals surface area contributed by atoms with Gasteiger partial charge in [0.1, 0.15) is 0 Å². The standard InChI is InChI=1S/C9H15N3.C8H13N3.C7H12N4.C7H15N3.C5H12/c1-4-5-6-7-9(8(2)3)11-12-10;1-4-5-6-8(7(2)3)10-11-9;1-6(2)7(10-11-9)4-3-5-8;1-4-5-7(6(2)3)9-10-8;1-4-5(2)3/h8-9H,6-7H2,1-3H3;1,7-8H,5-6H2,2-3H3;6-7H,3-4H2,1-2H3;6-7H,4-5H2,1-3H3;5H,4H2,1-3H3. The summed E-state index contributed by atoms with van der Waals surface area (Å²) in [5, 5.41) is 22.9. The van der Waals surface area contributed by atoms with Crippen LogP contribution in [0.2, 0.25) is 0 Å². The first-order valence-corrected chi connectivity index (χ1v) is 17.5. The van der Waals surface area contributed by atoms with E-state index in [-0.39, 0.29) is 24.2 Å². The number of hydrogen-bond acceptors (Lipinski definition) is 5. The Kier molecular flexibility index (Phi) is 46.4. The summed E-state index contributed by atoms with van der Waals surface area (Å²) >= 11 is 0. The minimum Gasteiger partial charge on any atom is -0.198 e. The van der Waals surface area contributed by atoms with Gasteiger partial charge in [0.05, 0.1) is 6.07 Å². The molecule has 0 aliphatic heterocycles. The highest BCUT2D eigenvalue weighted by Crippen LogP contribution is 2.14. The topological polar surface area (TPSA) is 219 Å². The smallest absolute Gasteiger partial charge is 0.0621 e. The Labute approximate surface area is 298 Å². The lowest BCUT2D eigenvalue weighted by molar-refractivity contribution is 0.458. The van der Waals surface area contributed by atoms with Crippen LogP contribution < -0.4 is 0 Å². The molecule has 0 bridgehead atoms. The van der Waals surface area contributed by atoms with E-state index >= 15 is 0 Å². The highest BCUT2D eigenvalue weighted by Gasteiger charge is 2.11. The molecule has 4 atom stereocenters. The minimum atomic E-state index is -0.0281. The predicted octanol–water partition coefficient (Wildman–Crippen LogP) is 13.7. The molecule has 49 heavy (non-hydrogen) atoms. The highest BCUT2D eigenvalue weighted by atomic mass is 15.2. The summed E-state index contributed by atoms with van der Waals surface area (Å²) in [5.74, 6) is 10.8. The second-order valence-electron chi connectivity index (χ2n) is 13.1. The van der Waals surface area contributed by atoms with E-state index in [1.54, 1.807) is 0 Å². The van der Waals surface area contributed by atoms with E-state index < -0.39 is 0 Å². The van der Waals surface area contributed by atoms with Gasteiger partial charge >= 0.3 is 0 Å². The van der Waals surface area contributed by atoms with Crippen LogP contribution >= 0.6 is 0 Å². The first kappa shape index (κ1) is 54.3. The molecule has 0 aliphatic rings. The third-order valence-electron chi connectivity index (χ3n) is 7.16. The van der Waals surface area contributed by atoms with Crippen LogP contribution in [0.5, 0.6) is 0 Å². The molecule has 0 aromatic heterocycles. The lowest BCUT2D eigenvalue weighted by Gasteiger charge is -2.12. The number of rotatable bonds is 17. The van der Waals surface area contributed by atoms with Crippen LogP contribution in [0, 0.1) is 65.1 Å². The van der Waals surface area contributed by atoms with Gasteiger partial charge in [-0.1, -0.05) is 116 Å². The molecule has 13 nitrogen and oxygen atoms in total. The van der Waals surface area contributed by atoms with E-state index in [0.717, 1.165) is 38.0 Å². The first-order chi connectivity index (χ1) is 23.1. The van der Waals surface area contributed by atoms with Gasteiger partial charge < -0.3 is 0 Å². The van der Waals surface area contributed by atoms with Crippen LogP contribution in [0.15, 0.2) is 20.5 Å². The third-order valence-corrected chi connectivity index (χ3v) is 7.16. The first-order valence-electron chi connectivity index (χ1n) is 17.5. The molecule has 0 spiro atoms. The maximum absolute atomic E-state index is 8.28. The zero-order valence-electron chi connectivity index (χ0n) is 33.0. The molecule has 276 valence electrons. The van der Waals surface area contributed by atoms with Crippen molar-refractivity contribution in [3.05, 3.63) is 41.8 Å². The zero-order valence-corrected chi connectivity index (χ0v) is 33.0. The molecule has 0 saturated carbocycles. The van der Waals surface area contributed by atoms with Crippen molar-refractivity contribution in [2.24, 2.45) is 50.0 Å². The van der Waals surface area contributed by atoms with Gasteiger partial charge in [-0.25, -0.2) is 0 Å². The lowest BCUT2D eigenvalue weighted by Crippen LogP contribution is -2.11. The van der Waals surface area contributed by atoms with Crippen molar-refractivity contribution < 1.29 is 0 Å². The Morgan fingerprint density at radius 2 is 0.878 bits per heavy atom. The van der Waals surface area contributed by atoms with Crippen molar-refractivity contribution in [1.82, 2.24) is 0 Å². The summed E-state index contributed by atoms with van der Waals surface area (Å²) in [5.41, 5.74) is 32.8. The van der Waals surface area contributed by atoms with Gasteiger partial charge in [0.15, 0.2) is 0 Å². The molecule has 0 aromatic carbocycles. The molecule has 0 radical (unpaired) electrons. The van der Waals surface area contributed by atoms with Crippen LogP contribution in [0.1, 0.15) is 148 Å². The van der Waals surface area contributed by atoms with Crippen LogP contribution in [0.25, 0.3) is 41.8 Å². The largest absolute Gasteiger partial charge is 0.198 e. The van der Waals surface area contributed by atoms with Crippen molar-refractivity contribution in [2.75, 3.05) is 0 Å². The summed E-state index contributed by atoms with van der Waals surface area (Å²) in [7, 11) is 0. The molecule has 0 N–H and O–H groups in total. The molecule has 0 heterocycles. The maximum atomic E-state index is 8.28. The van der Waals surface area contributed by atoms with E-state index in [1.807, 2.05) is 40.7 Å². The SMILES string of the molecule is C#CCCC(N=[N+]=[N-])C(C)C.CC#CCCC(N=[N+]=[N-])C(C)C.CC(C)C(CCC#N)N=[N+]=[N-].CCC(C)C.CCCC(N=[N+]=[N-])C(C)C. The minimum absolute atomic E-state index is 0.0281. The molecular weight excluding hydrogens is 614 g/mol. The van der Waals surface area contributed by atoms with E-state index in [9.17, 15) is 0 Å². The molecule has 0 saturated heterocycles. The van der Waals surface area contributed by atoms with Crippen LogP contribution in [-0.2, 0) is 0 Å². The van der Waals surface area contributed by atoms with Crippen molar-refractivity contribution >= 4 is 0 Å². The van der Waals surface area contributed by atoms with Crippen molar-refractivity contribution in [2.45, 2.75) is 172 Å². The highest BCUT2D eigenvalue weighted by molar-refractivity contribution is 4.95. The van der Waals surface area contributed by atoms with E-state index in [1.165, 1.54) is 6.42 Å². The Morgan fingerprint density at radius 3 is 1.10 bits per heavy atom. The average molecular weight is 682 g/mol. The monoisotopic (exact) mass is 682 g/mol. The molecule has 4 unspecified atom stereocenters. The van der Waals surface area contributed by atoms with Gasteiger partial charge in [0.2, 0.25) is 0 Å². The lowest BCUT2D eigenvalue weighted by atomic mass is 10.0. The predicted molar refractivity (Wildman–Crippen MR) is 207 cm³/mol. The van der Waals surface area contributed by atoms with Crippen LogP contribution in [-0.4, -0.2) is 24.2 Å².